The van der Waals surface area contributed by atoms with Crippen LogP contribution in [0.3, 0.4) is 0 Å². The van der Waals surface area contributed by atoms with E-state index in [9.17, 15) is 9.90 Å². The summed E-state index contributed by atoms with van der Waals surface area (Å²) in [6, 6.07) is 12.7. The molecule has 0 aliphatic rings. The van der Waals surface area contributed by atoms with E-state index in [0.717, 1.165) is 9.37 Å². The number of aromatic nitrogens is 1. The van der Waals surface area contributed by atoms with Crippen LogP contribution in [0, 0.1) is 0 Å². The molecule has 0 bridgehead atoms. The second kappa shape index (κ2) is 7.59. The van der Waals surface area contributed by atoms with Crippen molar-refractivity contribution in [2.45, 2.75) is 17.1 Å². The van der Waals surface area contributed by atoms with Gasteiger partial charge >= 0.3 is 0 Å². The highest BCUT2D eigenvalue weighted by Gasteiger charge is 2.16. The number of carbonyl (C=O) groups is 1. The number of aromatic amines is 1. The third kappa shape index (κ3) is 4.23. The fraction of sp³-hybridized carbons (Fsp3) is 0.118. The van der Waals surface area contributed by atoms with Gasteiger partial charge in [-0.3, -0.25) is 4.79 Å². The maximum absolute atomic E-state index is 12.2. The Labute approximate surface area is 161 Å². The first-order valence-corrected chi connectivity index (χ1v) is 9.37. The topological polar surface area (TPSA) is 77.8 Å². The first kappa shape index (κ1) is 18.0. The average molecular weight is 439 g/mol. The molecule has 2 N–H and O–H groups in total. The van der Waals surface area contributed by atoms with E-state index in [4.69, 9.17) is 11.6 Å². The van der Waals surface area contributed by atoms with Crippen molar-refractivity contribution < 1.29 is 9.90 Å². The molecule has 0 saturated carbocycles. The molecule has 3 rings (SSSR count). The predicted octanol–water partition coefficient (Wildman–Crippen LogP) is 6.08. The van der Waals surface area contributed by atoms with Crippen LogP contribution >= 0.6 is 39.3 Å². The summed E-state index contributed by atoms with van der Waals surface area (Å²) in [7, 11) is 0. The standard InChI is InChI=1S/C17H13BrClN3O2S/c1-9(25-12-5-3-11(19)4-6-12)16(23)22-21-15-13-8-10(18)2-7-14(13)20-17(15)24/h2-9,20,24H,1H3/t9-/m0/s1. The number of hydrogen-bond acceptors (Lipinski definition) is 4. The number of benzene rings is 2. The molecule has 5 nitrogen and oxygen atoms in total. The fourth-order valence-electron chi connectivity index (χ4n) is 2.19. The molecule has 1 aromatic heterocycles. The summed E-state index contributed by atoms with van der Waals surface area (Å²) in [5.74, 6) is -0.508. The van der Waals surface area contributed by atoms with Gasteiger partial charge in [0.2, 0.25) is 5.88 Å². The molecule has 1 atom stereocenters. The van der Waals surface area contributed by atoms with Crippen LogP contribution in [-0.2, 0) is 4.79 Å². The van der Waals surface area contributed by atoms with E-state index in [0.29, 0.717) is 15.9 Å². The van der Waals surface area contributed by atoms with E-state index in [1.54, 1.807) is 31.2 Å². The molecule has 3 aromatic rings. The molecule has 0 spiro atoms. The lowest BCUT2D eigenvalue weighted by Crippen LogP contribution is -2.09. The molecule has 0 unspecified atom stereocenters. The van der Waals surface area contributed by atoms with Crippen molar-refractivity contribution in [1.29, 1.82) is 0 Å². The summed E-state index contributed by atoms with van der Waals surface area (Å²) in [5.41, 5.74) is 0.957. The monoisotopic (exact) mass is 437 g/mol. The smallest absolute Gasteiger partial charge is 0.277 e. The molecule has 0 radical (unpaired) electrons. The van der Waals surface area contributed by atoms with Crippen LogP contribution in [0.2, 0.25) is 5.02 Å². The van der Waals surface area contributed by atoms with Crippen molar-refractivity contribution in [2.75, 3.05) is 0 Å². The molecule has 2 aromatic carbocycles. The molecule has 0 aliphatic carbocycles. The van der Waals surface area contributed by atoms with E-state index in [-0.39, 0.29) is 17.5 Å². The van der Waals surface area contributed by atoms with Crippen LogP contribution in [0.5, 0.6) is 5.88 Å². The van der Waals surface area contributed by atoms with Gasteiger partial charge in [-0.2, -0.15) is 0 Å². The van der Waals surface area contributed by atoms with Gasteiger partial charge in [0.25, 0.3) is 5.91 Å². The normalized spacial score (nSPS) is 12.8. The van der Waals surface area contributed by atoms with Crippen molar-refractivity contribution in [1.82, 2.24) is 4.98 Å². The Morgan fingerprint density at radius 2 is 2.00 bits per heavy atom. The van der Waals surface area contributed by atoms with Crippen LogP contribution in [0.25, 0.3) is 10.9 Å². The maximum atomic E-state index is 12.2. The maximum Gasteiger partial charge on any atom is 0.277 e. The lowest BCUT2D eigenvalue weighted by Gasteiger charge is -2.06. The van der Waals surface area contributed by atoms with Gasteiger partial charge < -0.3 is 10.1 Å². The highest BCUT2D eigenvalue weighted by Crippen LogP contribution is 2.37. The van der Waals surface area contributed by atoms with Gasteiger partial charge in [-0.05, 0) is 49.4 Å². The highest BCUT2D eigenvalue weighted by molar-refractivity contribution is 9.10. The first-order valence-electron chi connectivity index (χ1n) is 7.32. The highest BCUT2D eigenvalue weighted by atomic mass is 79.9. The average Bonchev–Trinajstić information content (AvgIpc) is 2.89. The minimum atomic E-state index is -0.413. The minimum Gasteiger partial charge on any atom is -0.493 e. The van der Waals surface area contributed by atoms with Gasteiger partial charge in [-0.1, -0.05) is 27.5 Å². The Morgan fingerprint density at radius 3 is 2.72 bits per heavy atom. The number of nitrogens with zero attached hydrogens (tertiary/aromatic N) is 2. The SMILES string of the molecule is C[C@H](Sc1ccc(Cl)cc1)C(=O)N=Nc1c(O)[nH]c2ccc(Br)cc12. The van der Waals surface area contributed by atoms with Gasteiger partial charge in [-0.15, -0.1) is 22.0 Å². The van der Waals surface area contributed by atoms with Crippen molar-refractivity contribution in [3.8, 4) is 5.88 Å². The zero-order valence-electron chi connectivity index (χ0n) is 13.0. The van der Waals surface area contributed by atoms with Gasteiger partial charge in [-0.25, -0.2) is 0 Å². The molecule has 1 amide bonds. The number of fused-ring (bicyclic) bond motifs is 1. The van der Waals surface area contributed by atoms with Gasteiger partial charge in [0.1, 0.15) is 0 Å². The number of H-pyrrole nitrogens is 1. The van der Waals surface area contributed by atoms with Crippen LogP contribution in [0.4, 0.5) is 5.69 Å². The molecule has 128 valence electrons. The molecule has 8 heteroatoms. The quantitative estimate of drug-likeness (QED) is 0.383. The van der Waals surface area contributed by atoms with E-state index in [1.807, 2.05) is 18.2 Å². The van der Waals surface area contributed by atoms with E-state index < -0.39 is 5.25 Å². The number of azo groups is 1. The third-order valence-electron chi connectivity index (χ3n) is 3.44. The summed E-state index contributed by atoms with van der Waals surface area (Å²) in [6.07, 6.45) is 0. The Hall–Kier alpha value is -1.83. The molecular weight excluding hydrogens is 426 g/mol. The lowest BCUT2D eigenvalue weighted by molar-refractivity contribution is -0.117. The number of rotatable bonds is 4. The Bertz CT molecular complexity index is 956. The molecular formula is C17H13BrClN3O2S. The van der Waals surface area contributed by atoms with Crippen LogP contribution in [-0.4, -0.2) is 21.2 Å². The second-order valence-electron chi connectivity index (χ2n) is 5.26. The van der Waals surface area contributed by atoms with E-state index in [1.165, 1.54) is 11.8 Å². The number of amides is 1. The van der Waals surface area contributed by atoms with E-state index >= 15 is 0 Å². The molecule has 0 saturated heterocycles. The third-order valence-corrected chi connectivity index (χ3v) is 5.28. The van der Waals surface area contributed by atoms with Crippen LogP contribution < -0.4 is 0 Å². The molecule has 0 aliphatic heterocycles. The Morgan fingerprint density at radius 1 is 1.28 bits per heavy atom. The fourth-order valence-corrected chi connectivity index (χ4v) is 3.52. The number of aromatic hydroxyl groups is 1. The zero-order valence-corrected chi connectivity index (χ0v) is 16.2. The molecule has 1 heterocycles. The predicted molar refractivity (Wildman–Crippen MR) is 104 cm³/mol. The van der Waals surface area contributed by atoms with Crippen molar-refractivity contribution in [3.05, 3.63) is 52.0 Å². The van der Waals surface area contributed by atoms with Gasteiger partial charge in [0.15, 0.2) is 5.69 Å². The summed E-state index contributed by atoms with van der Waals surface area (Å²) in [6.45, 7) is 1.76. The summed E-state index contributed by atoms with van der Waals surface area (Å²) < 4.78 is 0.841. The zero-order chi connectivity index (χ0) is 18.0. The van der Waals surface area contributed by atoms with Crippen LogP contribution in [0.15, 0.2) is 62.1 Å². The number of thioether (sulfide) groups is 1. The minimum absolute atomic E-state index is 0.123. The van der Waals surface area contributed by atoms with Crippen molar-refractivity contribution in [2.24, 2.45) is 10.2 Å². The number of carbonyl (C=O) groups excluding carboxylic acids is 1. The van der Waals surface area contributed by atoms with Crippen molar-refractivity contribution in [3.63, 3.8) is 0 Å². The Kier molecular flexibility index (Phi) is 5.46. The number of halogens is 2. The first-order chi connectivity index (χ1) is 11.9. The van der Waals surface area contributed by atoms with E-state index in [2.05, 4.69) is 31.1 Å². The summed E-state index contributed by atoms with van der Waals surface area (Å²) >= 11 is 10.6. The largest absolute Gasteiger partial charge is 0.493 e. The lowest BCUT2D eigenvalue weighted by atomic mass is 10.2. The van der Waals surface area contributed by atoms with Gasteiger partial charge in [0.05, 0.1) is 10.8 Å². The molecule has 25 heavy (non-hydrogen) atoms. The van der Waals surface area contributed by atoms with Crippen molar-refractivity contribution >= 4 is 61.8 Å². The second-order valence-corrected chi connectivity index (χ2v) is 8.03. The Balaban J connectivity index is 1.77. The number of nitrogens with one attached hydrogen (secondary N) is 1. The summed E-state index contributed by atoms with van der Waals surface area (Å²) in [4.78, 5) is 15.9. The van der Waals surface area contributed by atoms with Crippen LogP contribution in [0.1, 0.15) is 6.92 Å². The number of hydrogen-bond donors (Lipinski definition) is 2. The summed E-state index contributed by atoms with van der Waals surface area (Å²) in [5, 5.41) is 18.6. The van der Waals surface area contributed by atoms with Gasteiger partial charge in [0, 0.05) is 19.8 Å². The molecule has 0 fully saturated rings.